The van der Waals surface area contributed by atoms with E-state index in [1.807, 2.05) is 24.0 Å². The van der Waals surface area contributed by atoms with E-state index in [2.05, 4.69) is 0 Å². The van der Waals surface area contributed by atoms with E-state index in [9.17, 15) is 20.1 Å². The number of aryl methyl sites for hydroxylation is 1. The molecule has 3 rings (SSSR count). The molecule has 0 bridgehead atoms. The standard InChI is InChI=1S/C21H23NO5.ClH/c1-14-2-4-15(5-3-14)21(26)17-13-27-19-7-6-18(25)16(20(17)19)12-22(8-10-23)9-11-24;/h2-7,13,23-25H,8-12H2,1H3;1H. The van der Waals surface area contributed by atoms with Crippen LogP contribution in [-0.2, 0) is 6.54 Å². The first-order valence-corrected chi connectivity index (χ1v) is 8.82. The van der Waals surface area contributed by atoms with Gasteiger partial charge in [0.25, 0.3) is 0 Å². The van der Waals surface area contributed by atoms with Crippen molar-refractivity contribution < 1.29 is 24.5 Å². The van der Waals surface area contributed by atoms with Gasteiger partial charge in [0.2, 0.25) is 0 Å². The molecule has 6 nitrogen and oxygen atoms in total. The van der Waals surface area contributed by atoms with Crippen molar-refractivity contribution in [3.05, 3.63) is 64.9 Å². The predicted octanol–water partition coefficient (Wildman–Crippen LogP) is 2.89. The monoisotopic (exact) mass is 405 g/mol. The molecule has 1 aromatic heterocycles. The normalized spacial score (nSPS) is 11.0. The number of benzene rings is 2. The van der Waals surface area contributed by atoms with E-state index < -0.39 is 0 Å². The molecule has 0 aliphatic heterocycles. The van der Waals surface area contributed by atoms with E-state index in [0.29, 0.717) is 40.7 Å². The Balaban J connectivity index is 0.00000280. The summed E-state index contributed by atoms with van der Waals surface area (Å²) >= 11 is 0. The third-order valence-corrected chi connectivity index (χ3v) is 4.60. The van der Waals surface area contributed by atoms with Gasteiger partial charge in [0, 0.05) is 36.1 Å². The Morgan fingerprint density at radius 1 is 1.04 bits per heavy atom. The van der Waals surface area contributed by atoms with Crippen LogP contribution in [0.4, 0.5) is 0 Å². The minimum absolute atomic E-state index is 0. The summed E-state index contributed by atoms with van der Waals surface area (Å²) in [6.07, 6.45) is 1.41. The van der Waals surface area contributed by atoms with Crippen LogP contribution in [-0.4, -0.2) is 52.3 Å². The molecule has 0 aliphatic rings. The number of phenols is 1. The van der Waals surface area contributed by atoms with Crippen LogP contribution in [0.2, 0.25) is 0 Å². The number of carbonyl (C=O) groups is 1. The quantitative estimate of drug-likeness (QED) is 0.499. The van der Waals surface area contributed by atoms with Crippen LogP contribution < -0.4 is 0 Å². The van der Waals surface area contributed by atoms with Crippen molar-refractivity contribution in [3.63, 3.8) is 0 Å². The molecule has 0 fully saturated rings. The van der Waals surface area contributed by atoms with Gasteiger partial charge < -0.3 is 19.7 Å². The van der Waals surface area contributed by atoms with E-state index in [4.69, 9.17) is 4.42 Å². The number of hydrogen-bond acceptors (Lipinski definition) is 6. The highest BCUT2D eigenvalue weighted by Crippen LogP contribution is 2.33. The number of rotatable bonds is 8. The second-order valence-electron chi connectivity index (χ2n) is 6.50. The van der Waals surface area contributed by atoms with Crippen molar-refractivity contribution in [2.45, 2.75) is 13.5 Å². The maximum absolute atomic E-state index is 13.0. The molecule has 0 atom stereocenters. The van der Waals surface area contributed by atoms with Gasteiger partial charge in [-0.1, -0.05) is 29.8 Å². The fourth-order valence-corrected chi connectivity index (χ4v) is 3.15. The zero-order valence-corrected chi connectivity index (χ0v) is 16.4. The predicted molar refractivity (Wildman–Crippen MR) is 109 cm³/mol. The Kier molecular flexibility index (Phi) is 7.60. The van der Waals surface area contributed by atoms with Crippen molar-refractivity contribution in [2.75, 3.05) is 26.3 Å². The molecule has 0 aliphatic carbocycles. The van der Waals surface area contributed by atoms with Crippen molar-refractivity contribution in [1.29, 1.82) is 0 Å². The maximum Gasteiger partial charge on any atom is 0.196 e. The highest BCUT2D eigenvalue weighted by molar-refractivity contribution is 6.16. The first-order chi connectivity index (χ1) is 13.0. The summed E-state index contributed by atoms with van der Waals surface area (Å²) in [5.74, 6) is -0.140. The fraction of sp³-hybridized carbons (Fsp3) is 0.286. The van der Waals surface area contributed by atoms with Gasteiger partial charge in [-0.05, 0) is 19.1 Å². The molecule has 0 spiro atoms. The van der Waals surface area contributed by atoms with Crippen LogP contribution in [0.5, 0.6) is 5.75 Å². The SMILES string of the molecule is Cc1ccc(C(=O)c2coc3ccc(O)c(CN(CCO)CCO)c23)cc1.Cl. The van der Waals surface area contributed by atoms with Crippen LogP contribution in [0.3, 0.4) is 0 Å². The Labute approximate surface area is 169 Å². The summed E-state index contributed by atoms with van der Waals surface area (Å²) in [7, 11) is 0. The van der Waals surface area contributed by atoms with E-state index in [-0.39, 0.29) is 43.7 Å². The van der Waals surface area contributed by atoms with E-state index in [0.717, 1.165) is 5.56 Å². The Hall–Kier alpha value is -2.38. The van der Waals surface area contributed by atoms with Crippen LogP contribution in [0.15, 0.2) is 47.1 Å². The number of halogens is 1. The molecule has 0 unspecified atom stereocenters. The molecule has 0 saturated heterocycles. The Bertz CT molecular complexity index is 930. The zero-order chi connectivity index (χ0) is 19.4. The number of carbonyl (C=O) groups excluding carboxylic acids is 1. The number of aliphatic hydroxyl groups is 2. The summed E-state index contributed by atoms with van der Waals surface area (Å²) in [6, 6.07) is 10.4. The number of nitrogens with zero attached hydrogens (tertiary/aromatic N) is 1. The molecule has 0 radical (unpaired) electrons. The van der Waals surface area contributed by atoms with Gasteiger partial charge in [-0.2, -0.15) is 0 Å². The summed E-state index contributed by atoms with van der Waals surface area (Å²) in [4.78, 5) is 14.8. The molecular weight excluding hydrogens is 382 g/mol. The molecule has 0 amide bonds. The number of phenolic OH excluding ortho intramolecular Hbond substituents is 1. The lowest BCUT2D eigenvalue weighted by Gasteiger charge is -2.21. The molecule has 3 aromatic rings. The average molecular weight is 406 g/mol. The topological polar surface area (TPSA) is 94.1 Å². The van der Waals surface area contributed by atoms with E-state index in [1.165, 1.54) is 12.3 Å². The lowest BCUT2D eigenvalue weighted by Crippen LogP contribution is -2.29. The maximum atomic E-state index is 13.0. The number of hydrogen-bond donors (Lipinski definition) is 3. The number of fused-ring (bicyclic) bond motifs is 1. The minimum atomic E-state index is -0.184. The molecule has 1 heterocycles. The van der Waals surface area contributed by atoms with E-state index >= 15 is 0 Å². The van der Waals surface area contributed by atoms with Crippen LogP contribution >= 0.6 is 12.4 Å². The van der Waals surface area contributed by atoms with Crippen molar-refractivity contribution >= 4 is 29.2 Å². The van der Waals surface area contributed by atoms with Crippen molar-refractivity contribution in [3.8, 4) is 5.75 Å². The third-order valence-electron chi connectivity index (χ3n) is 4.60. The number of ketones is 1. The molecule has 150 valence electrons. The number of aromatic hydroxyl groups is 1. The molecule has 7 heteroatoms. The molecule has 28 heavy (non-hydrogen) atoms. The zero-order valence-electron chi connectivity index (χ0n) is 15.6. The van der Waals surface area contributed by atoms with Gasteiger partial charge >= 0.3 is 0 Å². The third kappa shape index (κ3) is 4.54. The van der Waals surface area contributed by atoms with Gasteiger partial charge in [-0.3, -0.25) is 9.69 Å². The Morgan fingerprint density at radius 3 is 2.29 bits per heavy atom. The summed E-state index contributed by atoms with van der Waals surface area (Å²) < 4.78 is 5.56. The first-order valence-electron chi connectivity index (χ1n) is 8.82. The smallest absolute Gasteiger partial charge is 0.196 e. The summed E-state index contributed by atoms with van der Waals surface area (Å²) in [5, 5.41) is 29.5. The largest absolute Gasteiger partial charge is 0.508 e. The lowest BCUT2D eigenvalue weighted by atomic mass is 9.98. The van der Waals surface area contributed by atoms with Crippen LogP contribution in [0.25, 0.3) is 11.0 Å². The first kappa shape index (κ1) is 21.9. The van der Waals surface area contributed by atoms with Gasteiger partial charge in [-0.15, -0.1) is 12.4 Å². The van der Waals surface area contributed by atoms with Crippen LogP contribution in [0, 0.1) is 6.92 Å². The Morgan fingerprint density at radius 2 is 1.68 bits per heavy atom. The van der Waals surface area contributed by atoms with Crippen molar-refractivity contribution in [2.24, 2.45) is 0 Å². The summed E-state index contributed by atoms with van der Waals surface area (Å²) in [5.41, 5.74) is 3.03. The minimum Gasteiger partial charge on any atom is -0.508 e. The molecule has 2 aromatic carbocycles. The van der Waals surface area contributed by atoms with E-state index in [1.54, 1.807) is 18.2 Å². The number of furan rings is 1. The van der Waals surface area contributed by atoms with Crippen molar-refractivity contribution in [1.82, 2.24) is 4.90 Å². The van der Waals surface area contributed by atoms with Gasteiger partial charge in [0.1, 0.15) is 17.6 Å². The number of aliphatic hydroxyl groups excluding tert-OH is 2. The van der Waals surface area contributed by atoms with Gasteiger partial charge in [0.05, 0.1) is 18.8 Å². The molecular formula is C21H24ClNO5. The van der Waals surface area contributed by atoms with Crippen LogP contribution in [0.1, 0.15) is 27.0 Å². The lowest BCUT2D eigenvalue weighted by molar-refractivity contribution is 0.103. The van der Waals surface area contributed by atoms with Gasteiger partial charge in [0.15, 0.2) is 5.78 Å². The fourth-order valence-electron chi connectivity index (χ4n) is 3.15. The second kappa shape index (κ2) is 9.71. The highest BCUT2D eigenvalue weighted by atomic mass is 35.5. The highest BCUT2D eigenvalue weighted by Gasteiger charge is 2.21. The average Bonchev–Trinajstić information content (AvgIpc) is 3.09. The van der Waals surface area contributed by atoms with Gasteiger partial charge in [-0.25, -0.2) is 0 Å². The molecule has 3 N–H and O–H groups in total. The molecule has 0 saturated carbocycles. The second-order valence-corrected chi connectivity index (χ2v) is 6.50. The summed E-state index contributed by atoms with van der Waals surface area (Å²) in [6.45, 7) is 2.77.